The number of carbonyl (C=O) groups is 1. The predicted molar refractivity (Wildman–Crippen MR) is 110 cm³/mol. The number of piperazine rings is 1. The highest BCUT2D eigenvalue weighted by Gasteiger charge is 2.26. The number of benzene rings is 1. The van der Waals surface area contributed by atoms with Crippen molar-refractivity contribution >= 4 is 35.0 Å². The van der Waals surface area contributed by atoms with Gasteiger partial charge in [0.25, 0.3) is 5.91 Å². The summed E-state index contributed by atoms with van der Waals surface area (Å²) in [5, 5.41) is 0.730. The molecule has 7 heteroatoms. The van der Waals surface area contributed by atoms with Crippen molar-refractivity contribution in [1.82, 2.24) is 9.88 Å². The molecule has 1 aromatic carbocycles. The fraction of sp³-hybridized carbons (Fsp3) is 0.400. The average molecular weight is 404 g/mol. The minimum Gasteiger partial charge on any atom is -0.473 e. The minimum absolute atomic E-state index is 0.00510. The molecule has 2 aliphatic heterocycles. The van der Waals surface area contributed by atoms with Crippen LogP contribution in [0.2, 0.25) is 5.02 Å². The van der Waals surface area contributed by atoms with Crippen LogP contribution in [0.1, 0.15) is 16.8 Å². The van der Waals surface area contributed by atoms with E-state index in [1.54, 1.807) is 12.3 Å². The van der Waals surface area contributed by atoms with Crippen LogP contribution in [0, 0.1) is 0 Å². The lowest BCUT2D eigenvalue weighted by atomic mass is 10.2. The first-order valence-corrected chi connectivity index (χ1v) is 10.7. The summed E-state index contributed by atoms with van der Waals surface area (Å²) in [6.45, 7) is 2.89. The molecule has 0 bridgehead atoms. The Morgan fingerprint density at radius 3 is 2.78 bits per heavy atom. The van der Waals surface area contributed by atoms with Gasteiger partial charge in [0, 0.05) is 48.8 Å². The number of pyridine rings is 1. The second kappa shape index (κ2) is 8.40. The van der Waals surface area contributed by atoms with Gasteiger partial charge in [-0.15, -0.1) is 0 Å². The van der Waals surface area contributed by atoms with Gasteiger partial charge in [0.15, 0.2) is 0 Å². The number of halogens is 1. The maximum Gasteiger partial charge on any atom is 0.259 e. The highest BCUT2D eigenvalue weighted by molar-refractivity contribution is 7.99. The fourth-order valence-corrected chi connectivity index (χ4v) is 4.70. The molecule has 0 saturated carbocycles. The highest BCUT2D eigenvalue weighted by Crippen LogP contribution is 2.26. The molecule has 2 aliphatic rings. The second-order valence-corrected chi connectivity index (χ2v) is 8.30. The van der Waals surface area contributed by atoms with E-state index in [1.165, 1.54) is 0 Å². The van der Waals surface area contributed by atoms with Crippen LogP contribution in [0.3, 0.4) is 0 Å². The lowest BCUT2D eigenvalue weighted by Gasteiger charge is -2.36. The van der Waals surface area contributed by atoms with E-state index in [9.17, 15) is 4.79 Å². The van der Waals surface area contributed by atoms with Crippen LogP contribution in [0.5, 0.6) is 5.88 Å². The summed E-state index contributed by atoms with van der Waals surface area (Å²) in [7, 11) is 0. The molecule has 0 N–H and O–H groups in total. The van der Waals surface area contributed by atoms with Crippen molar-refractivity contribution < 1.29 is 9.53 Å². The Morgan fingerprint density at radius 1 is 1.19 bits per heavy atom. The standard InChI is InChI=1S/C20H22ClN3O2S/c21-15-3-1-4-16(13-15)23-8-10-24(11-9-23)20(25)18-5-2-7-22-19(18)26-17-6-12-27-14-17/h1-5,7,13,17H,6,8-12,14H2. The Morgan fingerprint density at radius 2 is 2.04 bits per heavy atom. The number of thioether (sulfide) groups is 1. The molecule has 142 valence electrons. The molecular weight excluding hydrogens is 382 g/mol. The molecule has 2 aromatic rings. The first kappa shape index (κ1) is 18.4. The van der Waals surface area contributed by atoms with Gasteiger partial charge in [-0.2, -0.15) is 11.8 Å². The first-order valence-electron chi connectivity index (χ1n) is 9.20. The van der Waals surface area contributed by atoms with Crippen LogP contribution in [-0.4, -0.2) is 59.6 Å². The number of anilines is 1. The van der Waals surface area contributed by atoms with Gasteiger partial charge < -0.3 is 14.5 Å². The lowest BCUT2D eigenvalue weighted by Crippen LogP contribution is -2.49. The molecule has 2 fully saturated rings. The van der Waals surface area contributed by atoms with E-state index in [2.05, 4.69) is 16.0 Å². The van der Waals surface area contributed by atoms with E-state index in [0.29, 0.717) is 24.5 Å². The van der Waals surface area contributed by atoms with Crippen LogP contribution in [0.25, 0.3) is 0 Å². The summed E-state index contributed by atoms with van der Waals surface area (Å²) in [6.07, 6.45) is 2.84. The monoisotopic (exact) mass is 403 g/mol. The van der Waals surface area contributed by atoms with Gasteiger partial charge in [0.1, 0.15) is 11.7 Å². The van der Waals surface area contributed by atoms with E-state index in [-0.39, 0.29) is 12.0 Å². The van der Waals surface area contributed by atoms with Gasteiger partial charge in [0.05, 0.1) is 0 Å². The Hall–Kier alpha value is -1.92. The summed E-state index contributed by atoms with van der Waals surface area (Å²) in [6, 6.07) is 11.5. The van der Waals surface area contributed by atoms with Crippen molar-refractivity contribution in [1.29, 1.82) is 0 Å². The van der Waals surface area contributed by atoms with Crippen LogP contribution in [0.4, 0.5) is 5.69 Å². The number of hydrogen-bond donors (Lipinski definition) is 0. The van der Waals surface area contributed by atoms with Crippen molar-refractivity contribution in [3.05, 3.63) is 53.2 Å². The van der Waals surface area contributed by atoms with Gasteiger partial charge >= 0.3 is 0 Å². The number of aromatic nitrogens is 1. The zero-order valence-electron chi connectivity index (χ0n) is 15.0. The Labute approximate surface area is 168 Å². The van der Waals surface area contributed by atoms with Gasteiger partial charge in [-0.25, -0.2) is 4.98 Å². The van der Waals surface area contributed by atoms with E-state index >= 15 is 0 Å². The van der Waals surface area contributed by atoms with Crippen molar-refractivity contribution in [2.75, 3.05) is 42.6 Å². The van der Waals surface area contributed by atoms with Crippen molar-refractivity contribution in [3.63, 3.8) is 0 Å². The molecule has 1 unspecified atom stereocenters. The number of hydrogen-bond acceptors (Lipinski definition) is 5. The van der Waals surface area contributed by atoms with Gasteiger partial charge in [0.2, 0.25) is 5.88 Å². The molecule has 2 saturated heterocycles. The smallest absolute Gasteiger partial charge is 0.259 e. The normalized spacial score (nSPS) is 20.0. The quantitative estimate of drug-likeness (QED) is 0.780. The Balaban J connectivity index is 1.42. The maximum atomic E-state index is 13.1. The van der Waals surface area contributed by atoms with Crippen LogP contribution >= 0.6 is 23.4 Å². The molecule has 1 atom stereocenters. The lowest BCUT2D eigenvalue weighted by molar-refractivity contribution is 0.0738. The fourth-order valence-electron chi connectivity index (χ4n) is 3.42. The molecule has 5 nitrogen and oxygen atoms in total. The largest absolute Gasteiger partial charge is 0.473 e. The molecule has 3 heterocycles. The number of ether oxygens (including phenoxy) is 1. The summed E-state index contributed by atoms with van der Waals surface area (Å²) in [5.74, 6) is 2.52. The molecule has 1 amide bonds. The van der Waals surface area contributed by atoms with Gasteiger partial charge in [-0.05, 0) is 42.5 Å². The summed E-state index contributed by atoms with van der Waals surface area (Å²) in [5.41, 5.74) is 1.66. The predicted octanol–water partition coefficient (Wildman–Crippen LogP) is 3.58. The Bertz CT molecular complexity index is 805. The van der Waals surface area contributed by atoms with Crippen LogP contribution in [-0.2, 0) is 0 Å². The molecule has 1 aromatic heterocycles. The third-order valence-electron chi connectivity index (χ3n) is 4.91. The first-order chi connectivity index (χ1) is 13.2. The molecule has 4 rings (SSSR count). The minimum atomic E-state index is -0.00510. The molecule has 0 aliphatic carbocycles. The summed E-state index contributed by atoms with van der Waals surface area (Å²) >= 11 is 7.98. The summed E-state index contributed by atoms with van der Waals surface area (Å²) < 4.78 is 6.02. The number of rotatable bonds is 4. The third-order valence-corrected chi connectivity index (χ3v) is 6.27. The van der Waals surface area contributed by atoms with Crippen molar-refractivity contribution in [3.8, 4) is 5.88 Å². The van der Waals surface area contributed by atoms with Crippen molar-refractivity contribution in [2.24, 2.45) is 0 Å². The zero-order valence-corrected chi connectivity index (χ0v) is 16.6. The van der Waals surface area contributed by atoms with Gasteiger partial charge in [-0.3, -0.25) is 4.79 Å². The summed E-state index contributed by atoms with van der Waals surface area (Å²) in [4.78, 5) is 21.5. The van der Waals surface area contributed by atoms with E-state index in [1.807, 2.05) is 40.9 Å². The average Bonchev–Trinajstić information content (AvgIpc) is 3.21. The van der Waals surface area contributed by atoms with Gasteiger partial charge in [-0.1, -0.05) is 17.7 Å². The molecule has 0 radical (unpaired) electrons. The number of nitrogens with zero attached hydrogens (tertiary/aromatic N) is 3. The maximum absolute atomic E-state index is 13.1. The molecular formula is C20H22ClN3O2S. The molecule has 0 spiro atoms. The number of amides is 1. The molecule has 27 heavy (non-hydrogen) atoms. The second-order valence-electron chi connectivity index (χ2n) is 6.72. The van der Waals surface area contributed by atoms with E-state index < -0.39 is 0 Å². The third kappa shape index (κ3) is 4.33. The zero-order chi connectivity index (χ0) is 18.6. The topological polar surface area (TPSA) is 45.7 Å². The van der Waals surface area contributed by atoms with Crippen LogP contribution < -0.4 is 9.64 Å². The SMILES string of the molecule is O=C(c1cccnc1OC1CCSC1)N1CCN(c2cccc(Cl)c2)CC1. The van der Waals surface area contributed by atoms with Crippen LogP contribution in [0.15, 0.2) is 42.6 Å². The van der Waals surface area contributed by atoms with E-state index in [0.717, 1.165) is 41.7 Å². The van der Waals surface area contributed by atoms with Crippen molar-refractivity contribution in [2.45, 2.75) is 12.5 Å². The Kier molecular flexibility index (Phi) is 5.74. The highest BCUT2D eigenvalue weighted by atomic mass is 35.5. The number of carbonyl (C=O) groups excluding carboxylic acids is 1. The van der Waals surface area contributed by atoms with E-state index in [4.69, 9.17) is 16.3 Å².